The minimum Gasteiger partial charge on any atom is -0.465 e. The molecule has 1 aromatic rings. The van der Waals surface area contributed by atoms with Crippen LogP contribution in [-0.4, -0.2) is 58.2 Å². The molecule has 2 heterocycles. The summed E-state index contributed by atoms with van der Waals surface area (Å²) in [6.07, 6.45) is -2.19. The molecule has 1 unspecified atom stereocenters. The molecule has 3 rings (SSSR count). The number of carbonyl (C=O) groups is 2. The Balaban J connectivity index is 1.68. The molecule has 1 atom stereocenters. The van der Waals surface area contributed by atoms with Crippen LogP contribution in [0.2, 0.25) is 0 Å². The predicted molar refractivity (Wildman–Crippen MR) is 75.2 cm³/mol. The molecule has 0 saturated carbocycles. The lowest BCUT2D eigenvalue weighted by Crippen LogP contribution is -2.77. The smallest absolute Gasteiger partial charge is 0.411 e. The van der Waals surface area contributed by atoms with Gasteiger partial charge in [-0.05, 0) is 12.0 Å². The van der Waals surface area contributed by atoms with Crippen LogP contribution >= 0.6 is 0 Å². The van der Waals surface area contributed by atoms with Gasteiger partial charge in [0.2, 0.25) is 0 Å². The van der Waals surface area contributed by atoms with Gasteiger partial charge in [0, 0.05) is 6.54 Å². The number of amides is 2. The fraction of sp³-hybridized carbons (Fsp3) is 0.467. The van der Waals surface area contributed by atoms with Crippen molar-refractivity contribution in [1.82, 2.24) is 9.80 Å². The molecular formula is C15H16F2N2O4. The van der Waals surface area contributed by atoms with E-state index in [-0.39, 0.29) is 19.6 Å². The lowest BCUT2D eigenvalue weighted by atomic mass is 9.80. The highest BCUT2D eigenvalue weighted by Gasteiger charge is 2.71. The maximum atomic E-state index is 14.0. The van der Waals surface area contributed by atoms with E-state index in [0.29, 0.717) is 0 Å². The van der Waals surface area contributed by atoms with E-state index in [1.807, 2.05) is 6.07 Å². The number of alkyl halides is 2. The molecule has 2 fully saturated rings. The van der Waals surface area contributed by atoms with Crippen LogP contribution in [0.25, 0.3) is 0 Å². The predicted octanol–water partition coefficient (Wildman–Crippen LogP) is 2.40. The van der Waals surface area contributed by atoms with Crippen LogP contribution in [0.5, 0.6) is 0 Å². The minimum absolute atomic E-state index is 0.0134. The lowest BCUT2D eigenvalue weighted by molar-refractivity contribution is -0.224. The molecule has 2 amide bonds. The molecule has 0 aliphatic carbocycles. The van der Waals surface area contributed by atoms with Gasteiger partial charge >= 0.3 is 12.2 Å². The molecule has 1 aromatic carbocycles. The molecule has 6 nitrogen and oxygen atoms in total. The largest absolute Gasteiger partial charge is 0.465 e. The molecule has 1 spiro atoms. The SMILES string of the molecule is O=C(O)N1CCC2(C1)N(C(=O)OCc1ccccc1)CC2(F)F. The molecular weight excluding hydrogens is 310 g/mol. The molecule has 0 aromatic heterocycles. The number of rotatable bonds is 2. The van der Waals surface area contributed by atoms with Crippen molar-refractivity contribution in [3.63, 3.8) is 0 Å². The average Bonchev–Trinajstić information content (AvgIpc) is 3.00. The first-order valence-electron chi connectivity index (χ1n) is 7.20. The van der Waals surface area contributed by atoms with Gasteiger partial charge in [-0.2, -0.15) is 0 Å². The lowest BCUT2D eigenvalue weighted by Gasteiger charge is -2.54. The minimum atomic E-state index is -3.11. The average molecular weight is 326 g/mol. The van der Waals surface area contributed by atoms with Crippen LogP contribution in [0.3, 0.4) is 0 Å². The number of ether oxygens (including phenoxy) is 1. The van der Waals surface area contributed by atoms with Crippen molar-refractivity contribution >= 4 is 12.2 Å². The van der Waals surface area contributed by atoms with Gasteiger partial charge in [0.25, 0.3) is 5.92 Å². The number of likely N-dealkylation sites (tertiary alicyclic amines) is 2. The number of benzene rings is 1. The summed E-state index contributed by atoms with van der Waals surface area (Å²) in [5, 5.41) is 8.96. The Morgan fingerprint density at radius 1 is 1.22 bits per heavy atom. The van der Waals surface area contributed by atoms with Gasteiger partial charge < -0.3 is 14.7 Å². The van der Waals surface area contributed by atoms with Gasteiger partial charge in [-0.3, -0.25) is 4.90 Å². The first-order valence-corrected chi connectivity index (χ1v) is 7.20. The number of halogens is 2. The second-order valence-electron chi connectivity index (χ2n) is 5.82. The topological polar surface area (TPSA) is 70.1 Å². The number of carbonyl (C=O) groups excluding carboxylic acids is 1. The fourth-order valence-electron chi connectivity index (χ4n) is 3.12. The van der Waals surface area contributed by atoms with Crippen LogP contribution in [0.15, 0.2) is 30.3 Å². The highest BCUT2D eigenvalue weighted by atomic mass is 19.3. The first kappa shape index (κ1) is 15.5. The van der Waals surface area contributed by atoms with Crippen molar-refractivity contribution in [2.75, 3.05) is 19.6 Å². The van der Waals surface area contributed by atoms with Crippen molar-refractivity contribution in [2.45, 2.75) is 24.5 Å². The molecule has 23 heavy (non-hydrogen) atoms. The second kappa shape index (κ2) is 5.36. The Hall–Kier alpha value is -2.38. The van der Waals surface area contributed by atoms with Gasteiger partial charge in [0.05, 0.1) is 13.1 Å². The normalized spacial score (nSPS) is 25.3. The summed E-state index contributed by atoms with van der Waals surface area (Å²) in [5.41, 5.74) is -1.03. The summed E-state index contributed by atoms with van der Waals surface area (Å²) in [5.74, 6) is -3.11. The van der Waals surface area contributed by atoms with E-state index in [2.05, 4.69) is 0 Å². The Labute approximate surface area is 131 Å². The third kappa shape index (κ3) is 2.47. The quantitative estimate of drug-likeness (QED) is 0.906. The van der Waals surface area contributed by atoms with Gasteiger partial charge in [-0.1, -0.05) is 30.3 Å². The van der Waals surface area contributed by atoms with Crippen molar-refractivity contribution in [1.29, 1.82) is 0 Å². The summed E-state index contributed by atoms with van der Waals surface area (Å²) < 4.78 is 33.2. The Bertz CT molecular complexity index is 625. The number of hydrogen-bond acceptors (Lipinski definition) is 3. The van der Waals surface area contributed by atoms with E-state index >= 15 is 0 Å². The van der Waals surface area contributed by atoms with Crippen LogP contribution in [0.4, 0.5) is 18.4 Å². The molecule has 2 aliphatic heterocycles. The zero-order chi connectivity index (χ0) is 16.7. The zero-order valence-electron chi connectivity index (χ0n) is 12.2. The van der Waals surface area contributed by atoms with Crippen LogP contribution in [0, 0.1) is 0 Å². The second-order valence-corrected chi connectivity index (χ2v) is 5.82. The van der Waals surface area contributed by atoms with Gasteiger partial charge in [0.15, 0.2) is 0 Å². The zero-order valence-corrected chi connectivity index (χ0v) is 12.2. The highest BCUT2D eigenvalue weighted by Crippen LogP contribution is 2.50. The van der Waals surface area contributed by atoms with Gasteiger partial charge in [0.1, 0.15) is 12.1 Å². The number of hydrogen-bond donors (Lipinski definition) is 1. The molecule has 2 aliphatic rings. The van der Waals surface area contributed by atoms with E-state index in [0.717, 1.165) is 15.4 Å². The maximum absolute atomic E-state index is 14.0. The van der Waals surface area contributed by atoms with Crippen LogP contribution < -0.4 is 0 Å². The van der Waals surface area contributed by atoms with Crippen molar-refractivity contribution in [2.24, 2.45) is 0 Å². The third-order valence-electron chi connectivity index (χ3n) is 4.50. The van der Waals surface area contributed by atoms with E-state index in [1.165, 1.54) is 0 Å². The highest BCUT2D eigenvalue weighted by molar-refractivity contribution is 5.72. The van der Waals surface area contributed by atoms with Crippen LogP contribution in [-0.2, 0) is 11.3 Å². The maximum Gasteiger partial charge on any atom is 0.411 e. The monoisotopic (exact) mass is 326 g/mol. The first-order chi connectivity index (χ1) is 10.9. The molecule has 0 radical (unpaired) electrons. The molecule has 1 N–H and O–H groups in total. The standard InChI is InChI=1S/C15H16F2N2O4/c16-15(17)10-19(14(15)6-7-18(9-14)12(20)21)13(22)23-8-11-4-2-1-3-5-11/h1-5H,6-10H2,(H,20,21). The van der Waals surface area contributed by atoms with Crippen LogP contribution in [0.1, 0.15) is 12.0 Å². The molecule has 8 heteroatoms. The Morgan fingerprint density at radius 3 is 2.48 bits per heavy atom. The molecule has 0 bridgehead atoms. The van der Waals surface area contributed by atoms with Crippen molar-refractivity contribution in [3.8, 4) is 0 Å². The number of carboxylic acid groups (broad SMARTS) is 1. The summed E-state index contributed by atoms with van der Waals surface area (Å²) >= 11 is 0. The number of nitrogens with zero attached hydrogens (tertiary/aromatic N) is 2. The van der Waals surface area contributed by atoms with E-state index in [4.69, 9.17) is 9.84 Å². The van der Waals surface area contributed by atoms with Crippen molar-refractivity contribution in [3.05, 3.63) is 35.9 Å². The van der Waals surface area contributed by atoms with Gasteiger partial charge in [-0.15, -0.1) is 0 Å². The van der Waals surface area contributed by atoms with E-state index in [1.54, 1.807) is 24.3 Å². The molecule has 2 saturated heterocycles. The summed E-state index contributed by atoms with van der Waals surface area (Å²) in [4.78, 5) is 25.0. The summed E-state index contributed by atoms with van der Waals surface area (Å²) in [7, 11) is 0. The summed E-state index contributed by atoms with van der Waals surface area (Å²) in [6, 6.07) is 8.90. The molecule has 124 valence electrons. The Morgan fingerprint density at radius 2 is 1.91 bits per heavy atom. The Kier molecular flexibility index (Phi) is 3.62. The van der Waals surface area contributed by atoms with E-state index in [9.17, 15) is 18.4 Å². The fourth-order valence-corrected chi connectivity index (χ4v) is 3.12. The van der Waals surface area contributed by atoms with Crippen molar-refractivity contribution < 1.29 is 28.2 Å². The van der Waals surface area contributed by atoms with Gasteiger partial charge in [-0.25, -0.2) is 18.4 Å². The summed E-state index contributed by atoms with van der Waals surface area (Å²) in [6.45, 7) is -1.17. The van der Waals surface area contributed by atoms with E-state index < -0.39 is 36.7 Å². The third-order valence-corrected chi connectivity index (χ3v) is 4.50.